The first kappa shape index (κ1) is 20.3. The average Bonchev–Trinajstić information content (AvgIpc) is 2.76. The Bertz CT molecular complexity index is 772. The number of amides is 3. The molecule has 1 saturated heterocycles. The highest BCUT2D eigenvalue weighted by atomic mass is 32.2. The fourth-order valence-electron chi connectivity index (χ4n) is 4.48. The third-order valence-corrected chi connectivity index (χ3v) is 7.29. The van der Waals surface area contributed by atoms with Gasteiger partial charge >= 0.3 is 0 Å². The number of rotatable bonds is 4. The number of carbonyl (C=O) groups excluding carboxylic acids is 3. The predicted molar refractivity (Wildman–Crippen MR) is 114 cm³/mol. The molecular formula is C22H29N3O3S. The molecule has 2 aliphatic heterocycles. The molecule has 4 rings (SSSR count). The quantitative estimate of drug-likeness (QED) is 0.768. The average molecular weight is 416 g/mol. The van der Waals surface area contributed by atoms with Crippen LogP contribution in [0.25, 0.3) is 0 Å². The van der Waals surface area contributed by atoms with Gasteiger partial charge in [-0.15, -0.1) is 11.8 Å². The molecule has 1 atom stereocenters. The van der Waals surface area contributed by atoms with E-state index in [4.69, 9.17) is 0 Å². The molecule has 0 spiro atoms. The van der Waals surface area contributed by atoms with Gasteiger partial charge in [-0.25, -0.2) is 0 Å². The smallest absolute Gasteiger partial charge is 0.250 e. The molecule has 6 nitrogen and oxygen atoms in total. The van der Waals surface area contributed by atoms with Crippen LogP contribution in [0.2, 0.25) is 0 Å². The predicted octanol–water partition coefficient (Wildman–Crippen LogP) is 2.96. The molecule has 1 aromatic carbocycles. The van der Waals surface area contributed by atoms with Crippen LogP contribution >= 0.6 is 11.8 Å². The van der Waals surface area contributed by atoms with E-state index in [0.29, 0.717) is 13.1 Å². The number of para-hydroxylation sites is 1. The summed E-state index contributed by atoms with van der Waals surface area (Å²) in [5.41, 5.74) is 0.726. The summed E-state index contributed by atoms with van der Waals surface area (Å²) in [4.78, 5) is 43.3. The molecule has 2 fully saturated rings. The van der Waals surface area contributed by atoms with Crippen LogP contribution in [0.1, 0.15) is 51.4 Å². The third-order valence-electron chi connectivity index (χ3n) is 6.06. The fraction of sp³-hybridized carbons (Fsp3) is 0.591. The van der Waals surface area contributed by atoms with Gasteiger partial charge in [-0.1, -0.05) is 31.4 Å². The zero-order valence-electron chi connectivity index (χ0n) is 16.8. The number of nitrogens with zero attached hydrogens (tertiary/aromatic N) is 2. The van der Waals surface area contributed by atoms with Gasteiger partial charge in [-0.05, 0) is 44.2 Å². The molecule has 1 saturated carbocycles. The largest absolute Gasteiger partial charge is 0.352 e. The van der Waals surface area contributed by atoms with Gasteiger partial charge in [0, 0.05) is 24.0 Å². The number of piperidine rings is 1. The number of hydrogen-bond donors (Lipinski definition) is 1. The summed E-state index contributed by atoms with van der Waals surface area (Å²) in [6.07, 6.45) is 8.61. The zero-order chi connectivity index (χ0) is 20.2. The molecule has 29 heavy (non-hydrogen) atoms. The van der Waals surface area contributed by atoms with Gasteiger partial charge in [-0.3, -0.25) is 14.4 Å². The second kappa shape index (κ2) is 9.20. The van der Waals surface area contributed by atoms with Crippen LogP contribution < -0.4 is 10.2 Å². The summed E-state index contributed by atoms with van der Waals surface area (Å²) in [5, 5.41) is 2.29. The maximum Gasteiger partial charge on any atom is 0.250 e. The van der Waals surface area contributed by atoms with Crippen molar-refractivity contribution in [2.45, 2.75) is 67.6 Å². The molecule has 0 aromatic heterocycles. The van der Waals surface area contributed by atoms with Gasteiger partial charge < -0.3 is 15.1 Å². The minimum absolute atomic E-state index is 0.0311. The fourth-order valence-corrected chi connectivity index (χ4v) is 5.67. The van der Waals surface area contributed by atoms with Gasteiger partial charge in [0.2, 0.25) is 11.8 Å². The number of likely N-dealkylation sites (tertiary alicyclic amines) is 1. The first-order chi connectivity index (χ1) is 14.1. The first-order valence-corrected chi connectivity index (χ1v) is 11.7. The van der Waals surface area contributed by atoms with E-state index in [2.05, 4.69) is 5.32 Å². The van der Waals surface area contributed by atoms with Crippen LogP contribution in [0.5, 0.6) is 0 Å². The molecular weight excluding hydrogens is 386 g/mol. The molecule has 1 unspecified atom stereocenters. The Labute approximate surface area is 176 Å². The Balaban J connectivity index is 1.50. The number of anilines is 1. The molecule has 1 N–H and O–H groups in total. The van der Waals surface area contributed by atoms with Crippen molar-refractivity contribution in [2.24, 2.45) is 0 Å². The Morgan fingerprint density at radius 1 is 1.00 bits per heavy atom. The van der Waals surface area contributed by atoms with E-state index >= 15 is 0 Å². The van der Waals surface area contributed by atoms with Crippen molar-refractivity contribution in [3.8, 4) is 0 Å². The van der Waals surface area contributed by atoms with Crippen molar-refractivity contribution < 1.29 is 14.4 Å². The molecule has 1 aliphatic carbocycles. The highest BCUT2D eigenvalue weighted by Gasteiger charge is 2.41. The second-order valence-electron chi connectivity index (χ2n) is 8.18. The number of benzene rings is 1. The van der Waals surface area contributed by atoms with Crippen LogP contribution in [0, 0.1) is 0 Å². The Morgan fingerprint density at radius 3 is 2.45 bits per heavy atom. The van der Waals surface area contributed by atoms with Crippen molar-refractivity contribution in [1.82, 2.24) is 10.2 Å². The van der Waals surface area contributed by atoms with Gasteiger partial charge in [-0.2, -0.15) is 0 Å². The minimum atomic E-state index is -0.800. The van der Waals surface area contributed by atoms with Crippen molar-refractivity contribution >= 4 is 35.2 Å². The molecule has 2 heterocycles. The van der Waals surface area contributed by atoms with E-state index in [-0.39, 0.29) is 30.3 Å². The van der Waals surface area contributed by atoms with Crippen LogP contribution in [-0.4, -0.2) is 53.5 Å². The lowest BCUT2D eigenvalue weighted by atomic mass is 9.95. The Hall–Kier alpha value is -2.02. The maximum absolute atomic E-state index is 13.3. The van der Waals surface area contributed by atoms with Gasteiger partial charge in [0.1, 0.15) is 6.54 Å². The summed E-state index contributed by atoms with van der Waals surface area (Å²) >= 11 is 1.32. The van der Waals surface area contributed by atoms with Crippen molar-refractivity contribution in [2.75, 3.05) is 24.5 Å². The maximum atomic E-state index is 13.3. The lowest BCUT2D eigenvalue weighted by Gasteiger charge is -2.36. The Morgan fingerprint density at radius 2 is 1.69 bits per heavy atom. The van der Waals surface area contributed by atoms with Gasteiger partial charge in [0.25, 0.3) is 5.91 Å². The number of thioether (sulfide) groups is 1. The topological polar surface area (TPSA) is 69.7 Å². The van der Waals surface area contributed by atoms with Crippen molar-refractivity contribution in [1.29, 1.82) is 0 Å². The highest BCUT2D eigenvalue weighted by Crippen LogP contribution is 2.39. The summed E-state index contributed by atoms with van der Waals surface area (Å²) in [5.74, 6) is -0.536. The van der Waals surface area contributed by atoms with E-state index in [0.717, 1.165) is 55.5 Å². The van der Waals surface area contributed by atoms with Crippen molar-refractivity contribution in [3.63, 3.8) is 0 Å². The van der Waals surface area contributed by atoms with E-state index in [1.54, 1.807) is 0 Å². The Kier molecular flexibility index (Phi) is 6.43. The first-order valence-electron chi connectivity index (χ1n) is 10.8. The number of fused-ring (bicyclic) bond motifs is 1. The molecule has 7 heteroatoms. The zero-order valence-corrected chi connectivity index (χ0v) is 17.6. The van der Waals surface area contributed by atoms with Crippen LogP contribution in [0.15, 0.2) is 29.2 Å². The number of carbonyl (C=O) groups is 3. The normalized spacial score (nSPS) is 22.9. The standard InChI is InChI=1S/C22H29N3O3S/c26-19(23-16-9-3-1-4-10-16)15-25-17-11-5-6-12-18(17)29-20(22(25)28)21(27)24-13-7-2-8-14-24/h5-6,11-12,16,20H,1-4,7-10,13-15H2,(H,23,26). The second-order valence-corrected chi connectivity index (χ2v) is 9.33. The SMILES string of the molecule is O=C(CN1C(=O)C(C(=O)N2CCCCC2)Sc2ccccc21)NC1CCCCC1. The third kappa shape index (κ3) is 4.60. The molecule has 0 bridgehead atoms. The van der Waals surface area contributed by atoms with Crippen LogP contribution in [0.3, 0.4) is 0 Å². The van der Waals surface area contributed by atoms with E-state index in [1.165, 1.54) is 23.1 Å². The van der Waals surface area contributed by atoms with E-state index in [9.17, 15) is 14.4 Å². The number of hydrogen-bond acceptors (Lipinski definition) is 4. The lowest BCUT2D eigenvalue weighted by Crippen LogP contribution is -2.53. The monoisotopic (exact) mass is 415 g/mol. The van der Waals surface area contributed by atoms with E-state index < -0.39 is 5.25 Å². The molecule has 3 aliphatic rings. The van der Waals surface area contributed by atoms with Crippen LogP contribution in [0.4, 0.5) is 5.69 Å². The molecule has 156 valence electrons. The summed E-state index contributed by atoms with van der Waals surface area (Å²) in [6.45, 7) is 1.40. The van der Waals surface area contributed by atoms with E-state index in [1.807, 2.05) is 29.2 Å². The summed E-state index contributed by atoms with van der Waals surface area (Å²) in [7, 11) is 0. The number of nitrogens with one attached hydrogen (secondary N) is 1. The van der Waals surface area contributed by atoms with Gasteiger partial charge in [0.15, 0.2) is 5.25 Å². The minimum Gasteiger partial charge on any atom is -0.352 e. The highest BCUT2D eigenvalue weighted by molar-refractivity contribution is 8.01. The molecule has 0 radical (unpaired) electrons. The van der Waals surface area contributed by atoms with Crippen LogP contribution in [-0.2, 0) is 14.4 Å². The summed E-state index contributed by atoms with van der Waals surface area (Å²) < 4.78 is 0. The van der Waals surface area contributed by atoms with Crippen molar-refractivity contribution in [3.05, 3.63) is 24.3 Å². The molecule has 3 amide bonds. The molecule has 1 aromatic rings. The lowest BCUT2D eigenvalue weighted by molar-refractivity contribution is -0.136. The van der Waals surface area contributed by atoms with Gasteiger partial charge in [0.05, 0.1) is 5.69 Å². The summed E-state index contributed by atoms with van der Waals surface area (Å²) in [6, 6.07) is 7.76.